The molecular weight excluding hydrogens is 323 g/mol. The summed E-state index contributed by atoms with van der Waals surface area (Å²) in [5, 5.41) is 14.6. The molecule has 7 heteroatoms. The van der Waals surface area contributed by atoms with Crippen LogP contribution in [0.4, 0.5) is 5.69 Å². The van der Waals surface area contributed by atoms with Crippen LogP contribution in [-0.4, -0.2) is 29.6 Å². The summed E-state index contributed by atoms with van der Waals surface area (Å²) in [5.41, 5.74) is 0.608. The number of hydrogen-bond donors (Lipinski definition) is 3. The first-order valence-corrected chi connectivity index (χ1v) is 6.26. The summed E-state index contributed by atoms with van der Waals surface area (Å²) in [4.78, 5) is 21.7. The highest BCUT2D eigenvalue weighted by atomic mass is 79.9. The first kappa shape index (κ1) is 14.8. The molecule has 0 radical (unpaired) electrons. The third-order valence-electron chi connectivity index (χ3n) is 2.10. The van der Waals surface area contributed by atoms with Gasteiger partial charge < -0.3 is 15.7 Å². The van der Waals surface area contributed by atoms with Crippen LogP contribution >= 0.6 is 27.5 Å². The lowest BCUT2D eigenvalue weighted by Gasteiger charge is -2.15. The van der Waals surface area contributed by atoms with Gasteiger partial charge in [-0.2, -0.15) is 0 Å². The van der Waals surface area contributed by atoms with Gasteiger partial charge in [-0.15, -0.1) is 0 Å². The first-order valence-electron chi connectivity index (χ1n) is 5.09. The van der Waals surface area contributed by atoms with Gasteiger partial charge in [0, 0.05) is 17.9 Å². The Morgan fingerprint density at radius 3 is 2.67 bits per heavy atom. The van der Waals surface area contributed by atoms with Crippen LogP contribution in [-0.2, 0) is 9.59 Å². The molecule has 1 aromatic rings. The molecule has 98 valence electrons. The molecule has 0 aliphatic heterocycles. The second-order valence-corrected chi connectivity index (χ2v) is 4.92. The number of amides is 1. The van der Waals surface area contributed by atoms with Crippen molar-refractivity contribution < 1.29 is 14.7 Å². The van der Waals surface area contributed by atoms with Crippen molar-refractivity contribution in [2.24, 2.45) is 0 Å². The Labute approximate surface area is 118 Å². The fourth-order valence-electron chi connectivity index (χ4n) is 1.29. The standard InChI is InChI=1S/C11H12BrClN2O3/c1-6(16)15-10(11(17)18)5-14-9-3-2-7(12)4-8(9)13/h2-4,10,14H,5H2,1H3,(H,15,16)(H,17,18). The number of hydrogen-bond acceptors (Lipinski definition) is 3. The normalized spacial score (nSPS) is 11.7. The molecule has 0 heterocycles. The number of carbonyl (C=O) groups excluding carboxylic acids is 1. The fraction of sp³-hybridized carbons (Fsp3) is 0.273. The van der Waals surface area contributed by atoms with E-state index in [9.17, 15) is 9.59 Å². The molecule has 0 aliphatic carbocycles. The Kier molecular flexibility index (Phi) is 5.43. The summed E-state index contributed by atoms with van der Waals surface area (Å²) in [5.74, 6) is -1.50. The fourth-order valence-corrected chi connectivity index (χ4v) is 2.03. The lowest BCUT2D eigenvalue weighted by Crippen LogP contribution is -2.44. The van der Waals surface area contributed by atoms with Gasteiger partial charge in [0.1, 0.15) is 6.04 Å². The molecule has 0 saturated carbocycles. The quantitative estimate of drug-likeness (QED) is 0.770. The van der Waals surface area contributed by atoms with E-state index in [1.165, 1.54) is 6.92 Å². The molecule has 5 nitrogen and oxygen atoms in total. The van der Waals surface area contributed by atoms with Crippen LogP contribution in [0.5, 0.6) is 0 Å². The molecule has 1 unspecified atom stereocenters. The summed E-state index contributed by atoms with van der Waals surface area (Å²) in [7, 11) is 0. The zero-order valence-electron chi connectivity index (χ0n) is 9.54. The Hall–Kier alpha value is -1.27. The van der Waals surface area contributed by atoms with Gasteiger partial charge in [0.05, 0.1) is 10.7 Å². The SMILES string of the molecule is CC(=O)NC(CNc1ccc(Br)cc1Cl)C(=O)O. The van der Waals surface area contributed by atoms with Crippen molar-refractivity contribution >= 4 is 45.1 Å². The minimum absolute atomic E-state index is 0.0519. The molecule has 0 saturated heterocycles. The van der Waals surface area contributed by atoms with Crippen molar-refractivity contribution in [1.29, 1.82) is 0 Å². The maximum absolute atomic E-state index is 10.9. The van der Waals surface area contributed by atoms with Gasteiger partial charge in [-0.05, 0) is 18.2 Å². The van der Waals surface area contributed by atoms with Crippen LogP contribution in [0.1, 0.15) is 6.92 Å². The minimum Gasteiger partial charge on any atom is -0.480 e. The van der Waals surface area contributed by atoms with Gasteiger partial charge in [-0.1, -0.05) is 27.5 Å². The molecule has 0 fully saturated rings. The van der Waals surface area contributed by atoms with E-state index < -0.39 is 17.9 Å². The third kappa shape index (κ3) is 4.54. The maximum atomic E-state index is 10.9. The van der Waals surface area contributed by atoms with Crippen molar-refractivity contribution in [2.75, 3.05) is 11.9 Å². The molecule has 0 aliphatic rings. The summed E-state index contributed by atoms with van der Waals surface area (Å²) in [6.45, 7) is 1.32. The molecule has 1 aromatic carbocycles. The lowest BCUT2D eigenvalue weighted by atomic mass is 10.2. The largest absolute Gasteiger partial charge is 0.480 e. The Bertz CT molecular complexity index is 468. The highest BCUT2D eigenvalue weighted by Gasteiger charge is 2.18. The predicted molar refractivity (Wildman–Crippen MR) is 72.9 cm³/mol. The highest BCUT2D eigenvalue weighted by Crippen LogP contribution is 2.25. The average molecular weight is 336 g/mol. The molecule has 3 N–H and O–H groups in total. The first-order chi connectivity index (χ1) is 8.40. The van der Waals surface area contributed by atoms with Crippen LogP contribution in [0.15, 0.2) is 22.7 Å². The van der Waals surface area contributed by atoms with Gasteiger partial charge in [0.15, 0.2) is 0 Å². The van der Waals surface area contributed by atoms with Gasteiger partial charge in [0.2, 0.25) is 5.91 Å². The van der Waals surface area contributed by atoms with E-state index in [1.54, 1.807) is 18.2 Å². The molecule has 1 amide bonds. The van der Waals surface area contributed by atoms with Crippen molar-refractivity contribution in [3.8, 4) is 0 Å². The number of carboxylic acids is 1. The van der Waals surface area contributed by atoms with Crippen molar-refractivity contribution in [3.05, 3.63) is 27.7 Å². The predicted octanol–water partition coefficient (Wildman–Crippen LogP) is 2.10. The summed E-state index contributed by atoms with van der Waals surface area (Å²) in [6, 6.07) is 4.20. The number of aliphatic carboxylic acids is 1. The Morgan fingerprint density at radius 2 is 2.17 bits per heavy atom. The van der Waals surface area contributed by atoms with Gasteiger partial charge in [-0.25, -0.2) is 4.79 Å². The van der Waals surface area contributed by atoms with Crippen LogP contribution in [0.2, 0.25) is 5.02 Å². The van der Waals surface area contributed by atoms with Gasteiger partial charge >= 0.3 is 5.97 Å². The third-order valence-corrected chi connectivity index (χ3v) is 2.91. The molecule has 1 atom stereocenters. The molecule has 18 heavy (non-hydrogen) atoms. The smallest absolute Gasteiger partial charge is 0.328 e. The monoisotopic (exact) mass is 334 g/mol. The number of carboxylic acid groups (broad SMARTS) is 1. The van der Waals surface area contributed by atoms with E-state index in [4.69, 9.17) is 16.7 Å². The zero-order chi connectivity index (χ0) is 13.7. The van der Waals surface area contributed by atoms with Crippen LogP contribution in [0.3, 0.4) is 0 Å². The second-order valence-electron chi connectivity index (χ2n) is 3.60. The number of rotatable bonds is 5. The summed E-state index contributed by atoms with van der Waals surface area (Å²) in [6.07, 6.45) is 0. The number of nitrogens with one attached hydrogen (secondary N) is 2. The van der Waals surface area contributed by atoms with E-state index in [0.29, 0.717) is 10.7 Å². The lowest BCUT2D eigenvalue weighted by molar-refractivity contribution is -0.141. The number of carbonyl (C=O) groups is 2. The van der Waals surface area contributed by atoms with Crippen molar-refractivity contribution in [2.45, 2.75) is 13.0 Å². The summed E-state index contributed by atoms with van der Waals surface area (Å²) < 4.78 is 0.828. The van der Waals surface area contributed by atoms with Gasteiger partial charge in [-0.3, -0.25) is 4.79 Å². The van der Waals surface area contributed by atoms with E-state index in [-0.39, 0.29) is 6.54 Å². The maximum Gasteiger partial charge on any atom is 0.328 e. The van der Waals surface area contributed by atoms with E-state index in [2.05, 4.69) is 26.6 Å². The minimum atomic E-state index is -1.11. The highest BCUT2D eigenvalue weighted by molar-refractivity contribution is 9.10. The number of anilines is 1. The molecular formula is C11H12BrClN2O3. The van der Waals surface area contributed by atoms with Crippen LogP contribution < -0.4 is 10.6 Å². The van der Waals surface area contributed by atoms with E-state index in [0.717, 1.165) is 4.47 Å². The van der Waals surface area contributed by atoms with Gasteiger partial charge in [0.25, 0.3) is 0 Å². The topological polar surface area (TPSA) is 78.4 Å². The Balaban J connectivity index is 2.66. The second kappa shape index (κ2) is 6.61. The average Bonchev–Trinajstić information content (AvgIpc) is 2.25. The molecule has 0 bridgehead atoms. The summed E-state index contributed by atoms with van der Waals surface area (Å²) >= 11 is 9.24. The number of halogens is 2. The molecule has 0 aromatic heterocycles. The zero-order valence-corrected chi connectivity index (χ0v) is 11.9. The van der Waals surface area contributed by atoms with E-state index >= 15 is 0 Å². The van der Waals surface area contributed by atoms with Crippen LogP contribution in [0.25, 0.3) is 0 Å². The Morgan fingerprint density at radius 1 is 1.50 bits per heavy atom. The number of benzene rings is 1. The van der Waals surface area contributed by atoms with Crippen LogP contribution in [0, 0.1) is 0 Å². The molecule has 1 rings (SSSR count). The van der Waals surface area contributed by atoms with E-state index in [1.807, 2.05) is 0 Å². The van der Waals surface area contributed by atoms with Crippen molar-refractivity contribution in [3.63, 3.8) is 0 Å². The van der Waals surface area contributed by atoms with Crippen molar-refractivity contribution in [1.82, 2.24) is 5.32 Å². The molecule has 0 spiro atoms.